The maximum Gasteiger partial charge on any atom is 0.269 e. The van der Waals surface area contributed by atoms with E-state index in [9.17, 15) is 10.1 Å². The van der Waals surface area contributed by atoms with Gasteiger partial charge in [0.05, 0.1) is 10.6 Å². The summed E-state index contributed by atoms with van der Waals surface area (Å²) >= 11 is 6.02. The molecule has 0 radical (unpaired) electrons. The number of nitrogens with one attached hydrogen (secondary N) is 1. The quantitative estimate of drug-likeness (QED) is 0.526. The van der Waals surface area contributed by atoms with Gasteiger partial charge in [-0.2, -0.15) is 5.10 Å². The zero-order valence-corrected chi connectivity index (χ0v) is 10.5. The largest absolute Gasteiger partial charge is 0.277 e. The SMILES string of the molecule is O=[N+]([O-])c1ccc(N/N=C(/Cl)c2ccccc2)cc1. The fourth-order valence-electron chi connectivity index (χ4n) is 1.41. The summed E-state index contributed by atoms with van der Waals surface area (Å²) in [6.07, 6.45) is 0. The Kier molecular flexibility index (Phi) is 4.10. The molecule has 0 aromatic heterocycles. The van der Waals surface area contributed by atoms with Crippen LogP contribution in [0, 0.1) is 10.1 Å². The molecule has 0 bridgehead atoms. The number of nitro benzene ring substituents is 1. The molecule has 6 heteroatoms. The van der Waals surface area contributed by atoms with Crippen LogP contribution in [-0.4, -0.2) is 10.1 Å². The van der Waals surface area contributed by atoms with Crippen LogP contribution in [0.5, 0.6) is 0 Å². The van der Waals surface area contributed by atoms with Crippen LogP contribution >= 0.6 is 11.6 Å². The Morgan fingerprint density at radius 2 is 1.74 bits per heavy atom. The number of nitrogens with zero attached hydrogens (tertiary/aromatic N) is 2. The highest BCUT2D eigenvalue weighted by atomic mass is 35.5. The minimum atomic E-state index is -0.454. The molecular formula is C13H10ClN3O2. The van der Waals surface area contributed by atoms with E-state index in [4.69, 9.17) is 11.6 Å². The molecule has 0 unspecified atom stereocenters. The molecule has 2 aromatic carbocycles. The van der Waals surface area contributed by atoms with Crippen LogP contribution < -0.4 is 5.43 Å². The molecule has 0 aliphatic rings. The second kappa shape index (κ2) is 5.97. The smallest absolute Gasteiger partial charge is 0.269 e. The molecule has 0 saturated heterocycles. The van der Waals surface area contributed by atoms with Crippen molar-refractivity contribution in [3.63, 3.8) is 0 Å². The molecule has 19 heavy (non-hydrogen) atoms. The van der Waals surface area contributed by atoms with Crippen molar-refractivity contribution >= 4 is 28.1 Å². The first kappa shape index (κ1) is 13.0. The van der Waals surface area contributed by atoms with Crippen molar-refractivity contribution in [2.75, 3.05) is 5.43 Å². The average molecular weight is 276 g/mol. The minimum absolute atomic E-state index is 0.0312. The Morgan fingerprint density at radius 1 is 1.11 bits per heavy atom. The topological polar surface area (TPSA) is 67.5 Å². The fourth-order valence-corrected chi connectivity index (χ4v) is 1.58. The summed E-state index contributed by atoms with van der Waals surface area (Å²) in [6.45, 7) is 0. The molecule has 0 spiro atoms. The van der Waals surface area contributed by atoms with E-state index < -0.39 is 4.92 Å². The Hall–Kier alpha value is -2.40. The summed E-state index contributed by atoms with van der Waals surface area (Å²) in [5, 5.41) is 14.8. The van der Waals surface area contributed by atoms with Crippen LogP contribution in [0.3, 0.4) is 0 Å². The highest BCUT2D eigenvalue weighted by Crippen LogP contribution is 2.15. The minimum Gasteiger partial charge on any atom is -0.277 e. The Balaban J connectivity index is 2.08. The zero-order chi connectivity index (χ0) is 13.7. The summed E-state index contributed by atoms with van der Waals surface area (Å²) in [6, 6.07) is 15.2. The third kappa shape index (κ3) is 3.53. The van der Waals surface area contributed by atoms with Gasteiger partial charge in [-0.25, -0.2) is 0 Å². The van der Waals surface area contributed by atoms with E-state index in [0.29, 0.717) is 10.9 Å². The molecule has 0 fully saturated rings. The molecule has 0 atom stereocenters. The lowest BCUT2D eigenvalue weighted by Crippen LogP contribution is -1.97. The molecule has 96 valence electrons. The van der Waals surface area contributed by atoms with Crippen LogP contribution in [0.15, 0.2) is 59.7 Å². The molecule has 0 aliphatic heterocycles. The van der Waals surface area contributed by atoms with E-state index in [0.717, 1.165) is 5.56 Å². The molecule has 1 N–H and O–H groups in total. The number of benzene rings is 2. The zero-order valence-electron chi connectivity index (χ0n) is 9.79. The Bertz CT molecular complexity index is 597. The Morgan fingerprint density at radius 3 is 2.32 bits per heavy atom. The number of non-ortho nitro benzene ring substituents is 1. The number of hydrogen-bond acceptors (Lipinski definition) is 4. The van der Waals surface area contributed by atoms with Crippen LogP contribution in [-0.2, 0) is 0 Å². The number of hydrogen-bond donors (Lipinski definition) is 1. The molecule has 5 nitrogen and oxygen atoms in total. The van der Waals surface area contributed by atoms with Gasteiger partial charge in [0.15, 0.2) is 5.17 Å². The number of halogens is 1. The van der Waals surface area contributed by atoms with E-state index in [1.165, 1.54) is 12.1 Å². The van der Waals surface area contributed by atoms with Crippen molar-refractivity contribution in [1.29, 1.82) is 0 Å². The summed E-state index contributed by atoms with van der Waals surface area (Å²) in [4.78, 5) is 10.0. The molecule has 0 amide bonds. The molecule has 2 aromatic rings. The van der Waals surface area contributed by atoms with E-state index in [1.54, 1.807) is 12.1 Å². The van der Waals surface area contributed by atoms with E-state index in [2.05, 4.69) is 10.5 Å². The van der Waals surface area contributed by atoms with Gasteiger partial charge in [-0.05, 0) is 12.1 Å². The molecular weight excluding hydrogens is 266 g/mol. The summed E-state index contributed by atoms with van der Waals surface area (Å²) in [7, 11) is 0. The first-order valence-corrected chi connectivity index (χ1v) is 5.83. The predicted molar refractivity (Wildman–Crippen MR) is 75.6 cm³/mol. The van der Waals surface area contributed by atoms with Gasteiger partial charge < -0.3 is 0 Å². The molecule has 0 heterocycles. The monoisotopic (exact) mass is 275 g/mol. The normalized spacial score (nSPS) is 11.1. The van der Waals surface area contributed by atoms with Gasteiger partial charge >= 0.3 is 0 Å². The van der Waals surface area contributed by atoms with Crippen molar-refractivity contribution in [3.8, 4) is 0 Å². The molecule has 0 saturated carbocycles. The average Bonchev–Trinajstić information content (AvgIpc) is 2.46. The van der Waals surface area contributed by atoms with Crippen LogP contribution in [0.4, 0.5) is 11.4 Å². The lowest BCUT2D eigenvalue weighted by Gasteiger charge is -2.01. The van der Waals surface area contributed by atoms with Gasteiger partial charge in [0.2, 0.25) is 0 Å². The number of hydrazone groups is 1. The van der Waals surface area contributed by atoms with Crippen LogP contribution in [0.2, 0.25) is 0 Å². The van der Waals surface area contributed by atoms with Crippen molar-refractivity contribution in [2.45, 2.75) is 0 Å². The molecule has 2 rings (SSSR count). The highest BCUT2D eigenvalue weighted by Gasteiger charge is 2.03. The van der Waals surface area contributed by atoms with Gasteiger partial charge in [0.1, 0.15) is 0 Å². The third-order valence-electron chi connectivity index (χ3n) is 2.37. The number of anilines is 1. The summed E-state index contributed by atoms with van der Waals surface area (Å²) in [5.41, 5.74) is 4.19. The summed E-state index contributed by atoms with van der Waals surface area (Å²) < 4.78 is 0. The Labute approximate surface area is 114 Å². The first-order chi connectivity index (χ1) is 9.16. The van der Waals surface area contributed by atoms with E-state index in [1.807, 2.05) is 30.3 Å². The van der Waals surface area contributed by atoms with Crippen molar-refractivity contribution in [1.82, 2.24) is 0 Å². The second-order valence-electron chi connectivity index (χ2n) is 3.68. The lowest BCUT2D eigenvalue weighted by molar-refractivity contribution is -0.384. The third-order valence-corrected chi connectivity index (χ3v) is 2.68. The highest BCUT2D eigenvalue weighted by molar-refractivity contribution is 6.69. The second-order valence-corrected chi connectivity index (χ2v) is 4.04. The van der Waals surface area contributed by atoms with Gasteiger partial charge in [-0.15, -0.1) is 0 Å². The standard InChI is InChI=1S/C13H10ClN3O2/c14-13(10-4-2-1-3-5-10)16-15-11-6-8-12(9-7-11)17(18)19/h1-9,15H/b16-13+. The first-order valence-electron chi connectivity index (χ1n) is 5.46. The summed E-state index contributed by atoms with van der Waals surface area (Å²) in [5.74, 6) is 0. The number of nitro groups is 1. The number of rotatable bonds is 4. The lowest BCUT2D eigenvalue weighted by atomic mass is 10.2. The molecule has 0 aliphatic carbocycles. The fraction of sp³-hybridized carbons (Fsp3) is 0. The van der Waals surface area contributed by atoms with Crippen LogP contribution in [0.1, 0.15) is 5.56 Å². The van der Waals surface area contributed by atoms with Gasteiger partial charge in [-0.3, -0.25) is 15.5 Å². The van der Waals surface area contributed by atoms with Gasteiger partial charge in [0.25, 0.3) is 5.69 Å². The van der Waals surface area contributed by atoms with Crippen molar-refractivity contribution in [2.24, 2.45) is 5.10 Å². The van der Waals surface area contributed by atoms with Crippen LogP contribution in [0.25, 0.3) is 0 Å². The maximum atomic E-state index is 10.5. The van der Waals surface area contributed by atoms with E-state index >= 15 is 0 Å². The predicted octanol–water partition coefficient (Wildman–Crippen LogP) is 3.61. The van der Waals surface area contributed by atoms with Crippen molar-refractivity contribution < 1.29 is 4.92 Å². The van der Waals surface area contributed by atoms with Gasteiger partial charge in [-0.1, -0.05) is 41.9 Å². The van der Waals surface area contributed by atoms with Gasteiger partial charge in [0, 0.05) is 17.7 Å². The van der Waals surface area contributed by atoms with E-state index in [-0.39, 0.29) is 5.69 Å². The maximum absolute atomic E-state index is 10.5. The van der Waals surface area contributed by atoms with Crippen molar-refractivity contribution in [3.05, 3.63) is 70.3 Å².